The molecule has 7 aliphatic rings. The predicted octanol–water partition coefficient (Wildman–Crippen LogP) is 3.79. The summed E-state index contributed by atoms with van der Waals surface area (Å²) in [6.07, 6.45) is 9.30. The Morgan fingerprint density at radius 3 is 2.38 bits per heavy atom. The maximum absolute atomic E-state index is 14.6. The third-order valence-corrected chi connectivity index (χ3v) is 14.3. The van der Waals surface area contributed by atoms with Gasteiger partial charge in [-0.2, -0.15) is 0 Å². The molecule has 7 aliphatic carbocycles. The van der Waals surface area contributed by atoms with E-state index in [0.717, 1.165) is 37.7 Å². The van der Waals surface area contributed by atoms with Crippen LogP contribution in [0, 0.1) is 56.2 Å². The van der Waals surface area contributed by atoms with Gasteiger partial charge >= 0.3 is 0 Å². The Morgan fingerprint density at radius 2 is 1.72 bits per heavy atom. The lowest BCUT2D eigenvalue weighted by Crippen LogP contribution is -2.71. The summed E-state index contributed by atoms with van der Waals surface area (Å²) in [7, 11) is 0. The minimum Gasteiger partial charge on any atom is -0.396 e. The largest absolute Gasteiger partial charge is 0.396 e. The molecule has 5 N–H and O–H groups in total. The fourth-order valence-electron chi connectivity index (χ4n) is 11.9. The highest BCUT2D eigenvalue weighted by atomic mass is 16.3. The molecule has 2 bridgehead atoms. The maximum atomic E-state index is 14.6. The van der Waals surface area contributed by atoms with Crippen LogP contribution in [-0.4, -0.2) is 62.8 Å². The van der Waals surface area contributed by atoms with E-state index in [1.165, 1.54) is 0 Å². The highest BCUT2D eigenvalue weighted by molar-refractivity contribution is 5.95. The molecule has 0 saturated heterocycles. The number of carbonyl (C=O) groups excluding carboxylic acids is 1. The number of rotatable bonds is 3. The number of aliphatic hydroxyl groups excluding tert-OH is 5. The Morgan fingerprint density at radius 1 is 1.00 bits per heavy atom. The van der Waals surface area contributed by atoms with Gasteiger partial charge in [0.1, 0.15) is 0 Å². The van der Waals surface area contributed by atoms with Crippen LogP contribution in [0.5, 0.6) is 0 Å². The van der Waals surface area contributed by atoms with Gasteiger partial charge in [-0.1, -0.05) is 52.3 Å². The quantitative estimate of drug-likeness (QED) is 0.347. The molecule has 0 spiro atoms. The molecule has 0 heterocycles. The van der Waals surface area contributed by atoms with Crippen LogP contribution in [0.25, 0.3) is 0 Å². The molecular formula is C33H50O6. The number of allylic oxidation sites excluding steroid dienone is 4. The van der Waals surface area contributed by atoms with Crippen LogP contribution in [0.15, 0.2) is 23.8 Å². The van der Waals surface area contributed by atoms with Gasteiger partial charge in [0.15, 0.2) is 5.78 Å². The van der Waals surface area contributed by atoms with Gasteiger partial charge in [-0.05, 0) is 96.9 Å². The molecule has 0 radical (unpaired) electrons. The van der Waals surface area contributed by atoms with Crippen molar-refractivity contribution in [3.8, 4) is 0 Å². The van der Waals surface area contributed by atoms with Gasteiger partial charge in [-0.3, -0.25) is 4.79 Å². The first-order valence-corrected chi connectivity index (χ1v) is 15.4. The van der Waals surface area contributed by atoms with Crippen LogP contribution in [0.1, 0.15) is 86.0 Å². The monoisotopic (exact) mass is 542 g/mol. The third kappa shape index (κ3) is 3.19. The van der Waals surface area contributed by atoms with Crippen LogP contribution in [-0.2, 0) is 4.79 Å². The molecule has 4 saturated carbocycles. The molecular weight excluding hydrogens is 492 g/mol. The van der Waals surface area contributed by atoms with Crippen LogP contribution < -0.4 is 0 Å². The summed E-state index contributed by atoms with van der Waals surface area (Å²) in [5, 5.41) is 55.4. The summed E-state index contributed by atoms with van der Waals surface area (Å²) in [6.45, 7) is 10.8. The van der Waals surface area contributed by atoms with E-state index in [4.69, 9.17) is 0 Å². The fourth-order valence-corrected chi connectivity index (χ4v) is 11.9. The van der Waals surface area contributed by atoms with Crippen LogP contribution in [0.3, 0.4) is 0 Å². The lowest BCUT2D eigenvalue weighted by Gasteiger charge is -2.72. The summed E-state index contributed by atoms with van der Waals surface area (Å²) >= 11 is 0. The number of hydrogen-bond donors (Lipinski definition) is 5. The Labute approximate surface area is 233 Å². The smallest absolute Gasteiger partial charge is 0.159 e. The summed E-state index contributed by atoms with van der Waals surface area (Å²) in [5.74, 6) is -0.358. The van der Waals surface area contributed by atoms with Gasteiger partial charge in [-0.25, -0.2) is 0 Å². The molecule has 0 aromatic rings. The van der Waals surface area contributed by atoms with Crippen molar-refractivity contribution < 1.29 is 30.3 Å². The standard InChI is InChI=1S/C33H50O6/c1-28(2)11-12-32(18-35)21(15-28)20-14-22(36)27-29(3,30(20,4)16-25(32)38)10-8-23-31(27,5)19-7-6-9-33(23,24(37)13-19)26(39)17-34/h6-7,14,19,21,23-27,34-35,37-39H,8-13,15-18H2,1-5H3/t19-,21-,23+,24+,25+,26-,27+,29-,30-,31+,32-,33+/m1/s1. The minimum atomic E-state index is -1.06. The lowest BCUT2D eigenvalue weighted by molar-refractivity contribution is -0.250. The second-order valence-corrected chi connectivity index (χ2v) is 16.0. The van der Waals surface area contributed by atoms with Crippen LogP contribution in [0.2, 0.25) is 0 Å². The zero-order valence-corrected chi connectivity index (χ0v) is 24.5. The van der Waals surface area contributed by atoms with E-state index in [0.29, 0.717) is 19.3 Å². The Balaban J connectivity index is 1.53. The molecule has 7 rings (SSSR count). The molecule has 0 unspecified atom stereocenters. The lowest BCUT2D eigenvalue weighted by atomic mass is 9.31. The minimum absolute atomic E-state index is 0.00944. The number of aliphatic hydroxyl groups is 5. The van der Waals surface area contributed by atoms with Crippen molar-refractivity contribution in [2.45, 2.75) is 104 Å². The van der Waals surface area contributed by atoms with Crippen molar-refractivity contribution in [3.05, 3.63) is 23.8 Å². The van der Waals surface area contributed by atoms with Crippen molar-refractivity contribution >= 4 is 5.78 Å². The van der Waals surface area contributed by atoms with Gasteiger partial charge in [0, 0.05) is 16.7 Å². The number of carbonyl (C=O) groups is 1. The average Bonchev–Trinajstić information content (AvgIpc) is 3.12. The van der Waals surface area contributed by atoms with E-state index in [1.807, 2.05) is 6.08 Å². The molecule has 12 atom stereocenters. The van der Waals surface area contributed by atoms with E-state index in [9.17, 15) is 30.3 Å². The molecule has 218 valence electrons. The van der Waals surface area contributed by atoms with Crippen molar-refractivity contribution in [3.63, 3.8) is 0 Å². The number of hydrogen-bond acceptors (Lipinski definition) is 6. The van der Waals surface area contributed by atoms with Crippen LogP contribution in [0.4, 0.5) is 0 Å². The molecule has 6 nitrogen and oxygen atoms in total. The van der Waals surface area contributed by atoms with Gasteiger partial charge in [0.05, 0.1) is 31.5 Å². The third-order valence-electron chi connectivity index (χ3n) is 14.3. The maximum Gasteiger partial charge on any atom is 0.159 e. The summed E-state index contributed by atoms with van der Waals surface area (Å²) < 4.78 is 0. The summed E-state index contributed by atoms with van der Waals surface area (Å²) in [6, 6.07) is 0. The molecule has 0 aromatic carbocycles. The molecule has 0 amide bonds. The van der Waals surface area contributed by atoms with Crippen LogP contribution >= 0.6 is 0 Å². The first-order chi connectivity index (χ1) is 18.2. The first kappa shape index (κ1) is 28.1. The number of fused-ring (bicyclic) bond motifs is 7. The molecule has 4 fully saturated rings. The second kappa shape index (κ2) is 8.50. The van der Waals surface area contributed by atoms with E-state index in [-0.39, 0.29) is 41.5 Å². The zero-order chi connectivity index (χ0) is 28.4. The van der Waals surface area contributed by atoms with E-state index < -0.39 is 52.0 Å². The topological polar surface area (TPSA) is 118 Å². The second-order valence-electron chi connectivity index (χ2n) is 16.0. The van der Waals surface area contributed by atoms with Crippen molar-refractivity contribution in [1.82, 2.24) is 0 Å². The van der Waals surface area contributed by atoms with E-state index in [2.05, 4.69) is 46.8 Å². The van der Waals surface area contributed by atoms with E-state index in [1.54, 1.807) is 0 Å². The molecule has 0 aliphatic heterocycles. The SMILES string of the molecule is CC1(C)CC[C@@]2(CO)[C@H](C1)C1=CC(=O)[C@@H]3[C@@]4(C)[C@@H]5C=CC[C@@]([C@H](O)CO)([C@@H](O)C5)[C@H]4CC[C@@]3(C)[C@]1(C)C[C@@H]2O. The average molecular weight is 543 g/mol. The van der Waals surface area contributed by atoms with Crippen molar-refractivity contribution in [2.24, 2.45) is 56.2 Å². The highest BCUT2D eigenvalue weighted by Crippen LogP contribution is 2.77. The molecule has 6 heteroatoms. The van der Waals surface area contributed by atoms with Gasteiger partial charge in [0.2, 0.25) is 0 Å². The Hall–Kier alpha value is -1.05. The summed E-state index contributed by atoms with van der Waals surface area (Å²) in [4.78, 5) is 14.6. The van der Waals surface area contributed by atoms with E-state index >= 15 is 0 Å². The molecule has 39 heavy (non-hydrogen) atoms. The Kier molecular flexibility index (Phi) is 6.12. The first-order valence-electron chi connectivity index (χ1n) is 15.4. The highest BCUT2D eigenvalue weighted by Gasteiger charge is 2.74. The van der Waals surface area contributed by atoms with Crippen molar-refractivity contribution in [1.29, 1.82) is 0 Å². The van der Waals surface area contributed by atoms with Gasteiger partial charge < -0.3 is 25.5 Å². The van der Waals surface area contributed by atoms with Gasteiger partial charge in [-0.15, -0.1) is 0 Å². The molecule has 0 aromatic heterocycles. The normalized spacial score (nSPS) is 54.5. The summed E-state index contributed by atoms with van der Waals surface area (Å²) in [5.41, 5.74) is -1.61. The zero-order valence-electron chi connectivity index (χ0n) is 24.5. The predicted molar refractivity (Wildman–Crippen MR) is 148 cm³/mol. The van der Waals surface area contributed by atoms with Crippen molar-refractivity contribution in [2.75, 3.05) is 13.2 Å². The Bertz CT molecular complexity index is 1110. The van der Waals surface area contributed by atoms with Gasteiger partial charge in [0.25, 0.3) is 0 Å². The fraction of sp³-hybridized carbons (Fsp3) is 0.848. The number of ketones is 1.